The van der Waals surface area contributed by atoms with Crippen molar-refractivity contribution in [3.05, 3.63) is 17.7 Å². The number of rotatable bonds is 5. The number of aromatic nitrogens is 2. The molecule has 18 heavy (non-hydrogen) atoms. The van der Waals surface area contributed by atoms with Gasteiger partial charge in [0.25, 0.3) is 0 Å². The average molecular weight is 252 g/mol. The predicted octanol–water partition coefficient (Wildman–Crippen LogP) is 1.51. The van der Waals surface area contributed by atoms with Gasteiger partial charge in [0.15, 0.2) is 5.75 Å². The molecule has 5 heteroatoms. The van der Waals surface area contributed by atoms with Crippen LogP contribution in [0.15, 0.2) is 6.20 Å². The van der Waals surface area contributed by atoms with Crippen LogP contribution in [0.4, 0.5) is 0 Å². The first-order valence-electron chi connectivity index (χ1n) is 6.38. The molecule has 1 aromatic rings. The third kappa shape index (κ3) is 3.17. The third-order valence-electron chi connectivity index (χ3n) is 3.01. The zero-order valence-electron chi connectivity index (χ0n) is 10.9. The van der Waals surface area contributed by atoms with Crippen LogP contribution in [-0.2, 0) is 11.3 Å². The van der Waals surface area contributed by atoms with Gasteiger partial charge in [-0.2, -0.15) is 0 Å². The van der Waals surface area contributed by atoms with Crippen molar-refractivity contribution in [2.45, 2.75) is 32.8 Å². The fourth-order valence-corrected chi connectivity index (χ4v) is 1.86. The molecule has 1 aromatic heterocycles. The van der Waals surface area contributed by atoms with E-state index in [-0.39, 0.29) is 12.5 Å². The number of hydrogen-bond donors (Lipinski definition) is 1. The van der Waals surface area contributed by atoms with Gasteiger partial charge in [-0.1, -0.05) is 13.8 Å². The molecule has 2 heterocycles. The second-order valence-electron chi connectivity index (χ2n) is 4.89. The van der Waals surface area contributed by atoms with Crippen LogP contribution in [-0.4, -0.2) is 34.9 Å². The maximum Gasteiger partial charge on any atom is 0.161 e. The Morgan fingerprint density at radius 2 is 2.39 bits per heavy atom. The van der Waals surface area contributed by atoms with Gasteiger partial charge in [0.2, 0.25) is 0 Å². The lowest BCUT2D eigenvalue weighted by atomic mass is 10.1. The zero-order chi connectivity index (χ0) is 13.0. The van der Waals surface area contributed by atoms with Crippen LogP contribution in [0.3, 0.4) is 0 Å². The van der Waals surface area contributed by atoms with Crippen molar-refractivity contribution in [2.75, 3.05) is 19.8 Å². The Bertz CT molecular complexity index is 390. The normalized spacial score (nSPS) is 19.4. The maximum atomic E-state index is 9.32. The summed E-state index contributed by atoms with van der Waals surface area (Å²) < 4.78 is 11.0. The van der Waals surface area contributed by atoms with Crippen molar-refractivity contribution in [2.24, 2.45) is 5.92 Å². The van der Waals surface area contributed by atoms with E-state index in [1.165, 1.54) is 0 Å². The molecule has 0 amide bonds. The summed E-state index contributed by atoms with van der Waals surface area (Å²) in [6.07, 6.45) is 2.68. The Morgan fingerprint density at radius 3 is 3.00 bits per heavy atom. The van der Waals surface area contributed by atoms with Crippen LogP contribution in [0, 0.1) is 5.92 Å². The van der Waals surface area contributed by atoms with Crippen LogP contribution in [0.5, 0.6) is 5.75 Å². The summed E-state index contributed by atoms with van der Waals surface area (Å²) in [6, 6.07) is 0. The molecule has 1 unspecified atom stereocenters. The van der Waals surface area contributed by atoms with E-state index in [1.807, 2.05) is 13.8 Å². The summed E-state index contributed by atoms with van der Waals surface area (Å²) >= 11 is 0. The van der Waals surface area contributed by atoms with Gasteiger partial charge < -0.3 is 14.6 Å². The third-order valence-corrected chi connectivity index (χ3v) is 3.01. The molecule has 0 saturated carbocycles. The molecule has 5 nitrogen and oxygen atoms in total. The van der Waals surface area contributed by atoms with Gasteiger partial charge in [0, 0.05) is 18.4 Å². The van der Waals surface area contributed by atoms with Gasteiger partial charge in [-0.05, 0) is 6.42 Å². The topological polar surface area (TPSA) is 64.5 Å². The van der Waals surface area contributed by atoms with Crippen molar-refractivity contribution in [3.63, 3.8) is 0 Å². The molecule has 1 aliphatic heterocycles. The number of ether oxygens (including phenoxy) is 2. The molecular weight excluding hydrogens is 232 g/mol. The van der Waals surface area contributed by atoms with Crippen LogP contribution in [0.1, 0.15) is 37.7 Å². The second kappa shape index (κ2) is 6.11. The molecule has 1 atom stereocenters. The van der Waals surface area contributed by atoms with E-state index < -0.39 is 0 Å². The minimum absolute atomic E-state index is 0.126. The molecule has 2 rings (SSSR count). The Balaban J connectivity index is 2.02. The first-order valence-corrected chi connectivity index (χ1v) is 6.38. The summed E-state index contributed by atoms with van der Waals surface area (Å²) in [5.74, 6) is 1.98. The Morgan fingerprint density at radius 1 is 1.56 bits per heavy atom. The van der Waals surface area contributed by atoms with Crippen LogP contribution >= 0.6 is 0 Å². The molecule has 0 radical (unpaired) electrons. The number of hydrogen-bond acceptors (Lipinski definition) is 5. The molecule has 1 saturated heterocycles. The lowest BCUT2D eigenvalue weighted by Crippen LogP contribution is -2.14. The molecule has 0 aromatic carbocycles. The van der Waals surface area contributed by atoms with Crippen molar-refractivity contribution in [3.8, 4) is 5.75 Å². The number of aliphatic hydroxyl groups excluding tert-OH is 1. The summed E-state index contributed by atoms with van der Waals surface area (Å²) in [5, 5.41) is 9.32. The largest absolute Gasteiger partial charge is 0.490 e. The fraction of sp³-hybridized carbons (Fsp3) is 0.692. The Labute approximate surface area is 107 Å². The van der Waals surface area contributed by atoms with Crippen LogP contribution in [0.2, 0.25) is 0 Å². The predicted molar refractivity (Wildman–Crippen MR) is 66.5 cm³/mol. The van der Waals surface area contributed by atoms with E-state index in [0.29, 0.717) is 24.0 Å². The van der Waals surface area contributed by atoms with Gasteiger partial charge >= 0.3 is 0 Å². The fourth-order valence-electron chi connectivity index (χ4n) is 1.86. The minimum atomic E-state index is -0.126. The quantitative estimate of drug-likeness (QED) is 0.860. The monoisotopic (exact) mass is 252 g/mol. The molecule has 1 aliphatic rings. The van der Waals surface area contributed by atoms with Crippen LogP contribution in [0.25, 0.3) is 0 Å². The highest BCUT2D eigenvalue weighted by molar-refractivity contribution is 5.24. The lowest BCUT2D eigenvalue weighted by molar-refractivity contribution is 0.165. The standard InChI is InChI=1S/C13H20N2O3/c1-9(2)13-14-5-12(11(6-16)15-13)18-8-10-3-4-17-7-10/h5,9-10,16H,3-4,6-8H2,1-2H3. The highest BCUT2D eigenvalue weighted by atomic mass is 16.5. The van der Waals surface area contributed by atoms with Crippen molar-refractivity contribution >= 4 is 0 Å². The SMILES string of the molecule is CC(C)c1ncc(OCC2CCOC2)c(CO)n1. The van der Waals surface area contributed by atoms with Crippen molar-refractivity contribution in [1.82, 2.24) is 9.97 Å². The van der Waals surface area contributed by atoms with Crippen molar-refractivity contribution < 1.29 is 14.6 Å². The first kappa shape index (κ1) is 13.2. The van der Waals surface area contributed by atoms with E-state index >= 15 is 0 Å². The van der Waals surface area contributed by atoms with E-state index in [1.54, 1.807) is 6.20 Å². The van der Waals surface area contributed by atoms with Gasteiger partial charge in [-0.15, -0.1) is 0 Å². The molecular formula is C13H20N2O3. The highest BCUT2D eigenvalue weighted by Crippen LogP contribution is 2.20. The van der Waals surface area contributed by atoms with Gasteiger partial charge in [0.1, 0.15) is 11.5 Å². The molecule has 0 bridgehead atoms. The minimum Gasteiger partial charge on any atom is -0.490 e. The number of aliphatic hydroxyl groups is 1. The van der Waals surface area contributed by atoms with Gasteiger partial charge in [-0.3, -0.25) is 0 Å². The van der Waals surface area contributed by atoms with E-state index in [4.69, 9.17) is 9.47 Å². The molecule has 0 spiro atoms. The smallest absolute Gasteiger partial charge is 0.161 e. The zero-order valence-corrected chi connectivity index (χ0v) is 10.9. The first-order chi connectivity index (χ1) is 8.70. The molecule has 0 aliphatic carbocycles. The van der Waals surface area contributed by atoms with E-state index in [2.05, 4.69) is 9.97 Å². The summed E-state index contributed by atoms with van der Waals surface area (Å²) in [7, 11) is 0. The van der Waals surface area contributed by atoms with E-state index in [9.17, 15) is 5.11 Å². The summed E-state index contributed by atoms with van der Waals surface area (Å²) in [5.41, 5.74) is 0.563. The summed E-state index contributed by atoms with van der Waals surface area (Å²) in [4.78, 5) is 8.57. The Hall–Kier alpha value is -1.20. The van der Waals surface area contributed by atoms with E-state index in [0.717, 1.165) is 25.5 Å². The van der Waals surface area contributed by atoms with Crippen molar-refractivity contribution in [1.29, 1.82) is 0 Å². The van der Waals surface area contributed by atoms with Gasteiger partial charge in [-0.25, -0.2) is 9.97 Å². The second-order valence-corrected chi connectivity index (χ2v) is 4.89. The highest BCUT2D eigenvalue weighted by Gasteiger charge is 2.17. The van der Waals surface area contributed by atoms with Crippen LogP contribution < -0.4 is 4.74 Å². The molecule has 1 N–H and O–H groups in total. The molecule has 1 fully saturated rings. The van der Waals surface area contributed by atoms with Gasteiger partial charge in [0.05, 0.1) is 26.0 Å². The summed E-state index contributed by atoms with van der Waals surface area (Å²) in [6.45, 7) is 6.07. The molecule has 100 valence electrons. The maximum absolute atomic E-state index is 9.32. The Kier molecular flexibility index (Phi) is 4.49. The number of nitrogens with zero attached hydrogens (tertiary/aromatic N) is 2. The lowest BCUT2D eigenvalue weighted by Gasteiger charge is -2.13. The average Bonchev–Trinajstić information content (AvgIpc) is 2.89.